The molecule has 22 heavy (non-hydrogen) atoms. The third-order valence-electron chi connectivity index (χ3n) is 4.78. The predicted octanol–water partition coefficient (Wildman–Crippen LogP) is 2.54. The third kappa shape index (κ3) is 3.11. The lowest BCUT2D eigenvalue weighted by Gasteiger charge is -2.32. The van der Waals surface area contributed by atoms with Gasteiger partial charge in [0.15, 0.2) is 6.61 Å². The zero-order chi connectivity index (χ0) is 15.7. The van der Waals surface area contributed by atoms with Gasteiger partial charge in [0, 0.05) is 17.6 Å². The smallest absolute Gasteiger partial charge is 0.307 e. The average molecular weight is 368 g/mol. The Labute approximate surface area is 137 Å². The number of rotatable bonds is 4. The van der Waals surface area contributed by atoms with E-state index in [4.69, 9.17) is 9.84 Å². The second-order valence-corrected chi connectivity index (χ2v) is 7.00. The number of hydrogen-bond acceptors (Lipinski definition) is 3. The first-order valence-corrected chi connectivity index (χ1v) is 8.18. The van der Waals surface area contributed by atoms with Crippen LogP contribution in [-0.2, 0) is 9.59 Å². The van der Waals surface area contributed by atoms with Gasteiger partial charge in [-0.2, -0.15) is 0 Å². The van der Waals surface area contributed by atoms with Gasteiger partial charge < -0.3 is 14.7 Å². The molecule has 2 aliphatic rings. The van der Waals surface area contributed by atoms with Crippen LogP contribution in [0.1, 0.15) is 19.3 Å². The molecule has 1 aromatic carbocycles. The second kappa shape index (κ2) is 5.91. The Hall–Kier alpha value is -1.56. The number of likely N-dealkylation sites (tertiary alicyclic amines) is 1. The van der Waals surface area contributed by atoms with Gasteiger partial charge >= 0.3 is 5.97 Å². The van der Waals surface area contributed by atoms with Crippen molar-refractivity contribution in [1.82, 2.24) is 4.90 Å². The number of aliphatic carboxylic acids is 1. The fourth-order valence-corrected chi connectivity index (χ4v) is 3.48. The average Bonchev–Trinajstić information content (AvgIpc) is 3.21. The summed E-state index contributed by atoms with van der Waals surface area (Å²) in [5.41, 5.74) is -0.0465. The summed E-state index contributed by atoms with van der Waals surface area (Å²) >= 11 is 3.35. The zero-order valence-corrected chi connectivity index (χ0v) is 13.7. The Morgan fingerprint density at radius 2 is 1.91 bits per heavy atom. The number of halogens is 1. The zero-order valence-electron chi connectivity index (χ0n) is 12.1. The Bertz CT molecular complexity index is 578. The standard InChI is InChI=1S/C16H18BrNO4/c17-11-1-3-12(4-2-11)22-10-14(19)18-7-5-16(6-8-18)9-13(16)15(20)21/h1-4,13H,5-10H2,(H,20,21). The summed E-state index contributed by atoms with van der Waals surface area (Å²) < 4.78 is 6.46. The molecular weight excluding hydrogens is 350 g/mol. The first-order chi connectivity index (χ1) is 10.5. The maximum atomic E-state index is 12.2. The molecular formula is C16H18BrNO4. The number of benzene rings is 1. The third-order valence-corrected chi connectivity index (χ3v) is 5.30. The summed E-state index contributed by atoms with van der Waals surface area (Å²) in [6.45, 7) is 1.29. The van der Waals surface area contributed by atoms with Crippen LogP contribution in [0.3, 0.4) is 0 Å². The van der Waals surface area contributed by atoms with E-state index >= 15 is 0 Å². The summed E-state index contributed by atoms with van der Waals surface area (Å²) in [6, 6.07) is 7.35. The van der Waals surface area contributed by atoms with E-state index in [1.165, 1.54) is 0 Å². The summed E-state index contributed by atoms with van der Waals surface area (Å²) in [5, 5.41) is 9.07. The minimum absolute atomic E-state index is 0.0248. The minimum Gasteiger partial charge on any atom is -0.484 e. The minimum atomic E-state index is -0.696. The van der Waals surface area contributed by atoms with E-state index in [-0.39, 0.29) is 23.8 Å². The van der Waals surface area contributed by atoms with E-state index in [1.54, 1.807) is 4.90 Å². The van der Waals surface area contributed by atoms with Crippen molar-refractivity contribution >= 4 is 27.8 Å². The van der Waals surface area contributed by atoms with Crippen molar-refractivity contribution in [2.24, 2.45) is 11.3 Å². The monoisotopic (exact) mass is 367 g/mol. The Morgan fingerprint density at radius 3 is 2.45 bits per heavy atom. The highest BCUT2D eigenvalue weighted by molar-refractivity contribution is 9.10. The van der Waals surface area contributed by atoms with Crippen molar-refractivity contribution in [3.63, 3.8) is 0 Å². The van der Waals surface area contributed by atoms with Gasteiger partial charge in [0.2, 0.25) is 0 Å². The highest BCUT2D eigenvalue weighted by atomic mass is 79.9. The van der Waals surface area contributed by atoms with Crippen LogP contribution < -0.4 is 4.74 Å². The number of ether oxygens (including phenoxy) is 1. The SMILES string of the molecule is O=C(O)C1CC12CCN(C(=O)COc1ccc(Br)cc1)CC2. The Morgan fingerprint density at radius 1 is 1.27 bits per heavy atom. The van der Waals surface area contributed by atoms with E-state index < -0.39 is 5.97 Å². The molecule has 1 unspecified atom stereocenters. The largest absolute Gasteiger partial charge is 0.484 e. The van der Waals surface area contributed by atoms with Gasteiger partial charge in [-0.25, -0.2) is 0 Å². The van der Waals surface area contributed by atoms with Gasteiger partial charge in [0.1, 0.15) is 5.75 Å². The Kier molecular flexibility index (Phi) is 4.12. The fraction of sp³-hybridized carbons (Fsp3) is 0.500. The van der Waals surface area contributed by atoms with E-state index in [9.17, 15) is 9.59 Å². The van der Waals surface area contributed by atoms with E-state index in [1.807, 2.05) is 24.3 Å². The molecule has 1 saturated heterocycles. The van der Waals surface area contributed by atoms with Crippen LogP contribution in [0.4, 0.5) is 0 Å². The van der Waals surface area contributed by atoms with E-state index in [2.05, 4.69) is 15.9 Å². The maximum absolute atomic E-state index is 12.2. The molecule has 6 heteroatoms. The maximum Gasteiger partial charge on any atom is 0.307 e. The molecule has 1 N–H and O–H groups in total. The first-order valence-electron chi connectivity index (χ1n) is 7.39. The molecule has 1 heterocycles. The number of amides is 1. The number of hydrogen-bond donors (Lipinski definition) is 1. The lowest BCUT2D eigenvalue weighted by Crippen LogP contribution is -2.42. The van der Waals surface area contributed by atoms with Crippen molar-refractivity contribution in [3.8, 4) is 5.75 Å². The lowest BCUT2D eigenvalue weighted by atomic mass is 9.91. The molecule has 1 aliphatic carbocycles. The van der Waals surface area contributed by atoms with Gasteiger partial charge in [-0.3, -0.25) is 9.59 Å². The van der Waals surface area contributed by atoms with Crippen molar-refractivity contribution in [3.05, 3.63) is 28.7 Å². The number of carboxylic acid groups (broad SMARTS) is 1. The van der Waals surface area contributed by atoms with Crippen LogP contribution >= 0.6 is 15.9 Å². The first kappa shape index (κ1) is 15.3. The fourth-order valence-electron chi connectivity index (χ4n) is 3.22. The van der Waals surface area contributed by atoms with Crippen LogP contribution in [0.5, 0.6) is 5.75 Å². The molecule has 0 bridgehead atoms. The number of piperidine rings is 1. The van der Waals surface area contributed by atoms with Gasteiger partial charge in [-0.15, -0.1) is 0 Å². The van der Waals surface area contributed by atoms with Crippen molar-refractivity contribution in [2.75, 3.05) is 19.7 Å². The predicted molar refractivity (Wildman–Crippen MR) is 83.6 cm³/mol. The van der Waals surface area contributed by atoms with E-state index in [0.29, 0.717) is 18.8 Å². The molecule has 0 radical (unpaired) electrons. The molecule has 3 rings (SSSR count). The molecule has 1 atom stereocenters. The lowest BCUT2D eigenvalue weighted by molar-refractivity contribution is -0.140. The molecule has 2 fully saturated rings. The molecule has 5 nitrogen and oxygen atoms in total. The summed E-state index contributed by atoms with van der Waals surface area (Å²) in [4.78, 5) is 25.0. The molecule has 1 spiro atoms. The van der Waals surface area contributed by atoms with Crippen molar-refractivity contribution < 1.29 is 19.4 Å². The van der Waals surface area contributed by atoms with Crippen molar-refractivity contribution in [2.45, 2.75) is 19.3 Å². The highest BCUT2D eigenvalue weighted by Gasteiger charge is 2.59. The number of carbonyl (C=O) groups is 2. The van der Waals surface area contributed by atoms with Gasteiger partial charge in [-0.05, 0) is 48.9 Å². The van der Waals surface area contributed by atoms with Crippen LogP contribution in [0, 0.1) is 11.3 Å². The van der Waals surface area contributed by atoms with Crippen LogP contribution in [0.25, 0.3) is 0 Å². The number of nitrogens with zero attached hydrogens (tertiary/aromatic N) is 1. The van der Waals surface area contributed by atoms with Crippen molar-refractivity contribution in [1.29, 1.82) is 0 Å². The Balaban J connectivity index is 1.46. The van der Waals surface area contributed by atoms with E-state index in [0.717, 1.165) is 23.7 Å². The van der Waals surface area contributed by atoms with Gasteiger partial charge in [0.05, 0.1) is 5.92 Å². The van der Waals surface area contributed by atoms with Gasteiger partial charge in [0.25, 0.3) is 5.91 Å². The summed E-state index contributed by atoms with van der Waals surface area (Å²) in [5.74, 6) is -0.273. The summed E-state index contributed by atoms with van der Waals surface area (Å²) in [6.07, 6.45) is 2.34. The quantitative estimate of drug-likeness (QED) is 0.887. The van der Waals surface area contributed by atoms with Crippen LogP contribution in [-0.4, -0.2) is 41.6 Å². The molecule has 1 amide bonds. The molecule has 0 aromatic heterocycles. The van der Waals surface area contributed by atoms with Crippen LogP contribution in [0.2, 0.25) is 0 Å². The molecule has 1 aromatic rings. The number of carboxylic acids is 1. The number of carbonyl (C=O) groups excluding carboxylic acids is 1. The normalized spacial score (nSPS) is 22.4. The highest BCUT2D eigenvalue weighted by Crippen LogP contribution is 2.59. The summed E-state index contributed by atoms with van der Waals surface area (Å²) in [7, 11) is 0. The van der Waals surface area contributed by atoms with Gasteiger partial charge in [-0.1, -0.05) is 15.9 Å². The molecule has 1 aliphatic heterocycles. The molecule has 118 valence electrons. The topological polar surface area (TPSA) is 66.8 Å². The second-order valence-electron chi connectivity index (χ2n) is 6.08. The molecule has 1 saturated carbocycles. The van der Waals surface area contributed by atoms with Crippen LogP contribution in [0.15, 0.2) is 28.7 Å².